The maximum atomic E-state index is 5.68. The Bertz CT molecular complexity index is 1320. The first-order valence-electron chi connectivity index (χ1n) is 12.4. The summed E-state index contributed by atoms with van der Waals surface area (Å²) in [6.07, 6.45) is 0. The van der Waals surface area contributed by atoms with E-state index in [1.165, 1.54) is 27.4 Å². The highest BCUT2D eigenvalue weighted by atomic mass is 16.5. The van der Waals surface area contributed by atoms with Crippen molar-refractivity contribution >= 4 is 21.8 Å². The summed E-state index contributed by atoms with van der Waals surface area (Å²) in [7, 11) is 4.99. The van der Waals surface area contributed by atoms with Crippen molar-refractivity contribution in [3.63, 3.8) is 0 Å². The van der Waals surface area contributed by atoms with Crippen LogP contribution in [0.2, 0.25) is 0 Å². The normalized spacial score (nSPS) is 15.1. The van der Waals surface area contributed by atoms with Gasteiger partial charge in [-0.05, 0) is 36.8 Å². The van der Waals surface area contributed by atoms with Gasteiger partial charge >= 0.3 is 0 Å². The summed E-state index contributed by atoms with van der Waals surface area (Å²) in [6, 6.07) is 19.8. The molecule has 1 fully saturated rings. The van der Waals surface area contributed by atoms with Gasteiger partial charge in [0.15, 0.2) is 11.5 Å². The zero-order valence-electron chi connectivity index (χ0n) is 21.2. The minimum Gasteiger partial charge on any atom is -0.493 e. The van der Waals surface area contributed by atoms with E-state index in [2.05, 4.69) is 69.8 Å². The third-order valence-corrected chi connectivity index (χ3v) is 7.20. The summed E-state index contributed by atoms with van der Waals surface area (Å²) in [5.41, 5.74) is 5.15. The van der Waals surface area contributed by atoms with Crippen molar-refractivity contribution in [2.45, 2.75) is 26.6 Å². The van der Waals surface area contributed by atoms with Gasteiger partial charge in [0.1, 0.15) is 0 Å². The summed E-state index contributed by atoms with van der Waals surface area (Å²) in [6.45, 7) is 9.15. The summed E-state index contributed by atoms with van der Waals surface area (Å²) >= 11 is 0. The maximum absolute atomic E-state index is 5.68. The predicted molar refractivity (Wildman–Crippen MR) is 142 cm³/mol. The topological polar surface area (TPSA) is 39.1 Å². The average Bonchev–Trinajstić information content (AvgIpc) is 3.22. The first-order chi connectivity index (χ1) is 17.2. The fraction of sp³-hybridized carbons (Fsp3) is 0.379. The fourth-order valence-corrected chi connectivity index (χ4v) is 5.43. The van der Waals surface area contributed by atoms with Crippen LogP contribution in [-0.2, 0) is 19.6 Å². The Hall–Kier alpha value is -3.22. The number of hydrogen-bond donors (Lipinski definition) is 0. The molecule has 0 atom stereocenters. The first kappa shape index (κ1) is 23.5. The minimum absolute atomic E-state index is 0.658. The van der Waals surface area contributed by atoms with Gasteiger partial charge in [0, 0.05) is 73.2 Å². The van der Waals surface area contributed by atoms with Crippen LogP contribution >= 0.6 is 0 Å². The summed E-state index contributed by atoms with van der Waals surface area (Å²) in [5.74, 6) is 2.11. The number of aryl methyl sites for hydroxylation is 1. The monoisotopic (exact) mass is 473 g/mol. The molecule has 35 heavy (non-hydrogen) atoms. The van der Waals surface area contributed by atoms with Crippen LogP contribution in [0.3, 0.4) is 0 Å². The zero-order chi connectivity index (χ0) is 24.4. The Morgan fingerprint density at radius 1 is 0.686 bits per heavy atom. The Morgan fingerprint density at radius 3 is 2.06 bits per heavy atom. The molecule has 1 saturated heterocycles. The van der Waals surface area contributed by atoms with Crippen LogP contribution in [0.15, 0.2) is 54.6 Å². The van der Waals surface area contributed by atoms with Gasteiger partial charge in [0.2, 0.25) is 5.75 Å². The van der Waals surface area contributed by atoms with E-state index in [0.29, 0.717) is 11.5 Å². The molecule has 3 aromatic carbocycles. The lowest BCUT2D eigenvalue weighted by atomic mass is 10.1. The number of piperazine rings is 1. The van der Waals surface area contributed by atoms with Gasteiger partial charge in [-0.25, -0.2) is 0 Å². The van der Waals surface area contributed by atoms with Crippen molar-refractivity contribution in [3.05, 3.63) is 65.7 Å². The predicted octanol–water partition coefficient (Wildman–Crippen LogP) is 5.16. The van der Waals surface area contributed by atoms with E-state index >= 15 is 0 Å². The smallest absolute Gasteiger partial charge is 0.203 e. The lowest BCUT2D eigenvalue weighted by molar-refractivity contribution is 0.121. The maximum Gasteiger partial charge on any atom is 0.203 e. The first-order valence-corrected chi connectivity index (χ1v) is 12.4. The minimum atomic E-state index is 0.658. The molecule has 5 rings (SSSR count). The van der Waals surface area contributed by atoms with Crippen LogP contribution in [-0.4, -0.2) is 61.9 Å². The van der Waals surface area contributed by atoms with E-state index in [-0.39, 0.29) is 0 Å². The van der Waals surface area contributed by atoms with Crippen LogP contribution in [0.5, 0.6) is 17.2 Å². The average molecular weight is 474 g/mol. The van der Waals surface area contributed by atoms with Crippen LogP contribution in [0, 0.1) is 0 Å². The zero-order valence-corrected chi connectivity index (χ0v) is 21.2. The van der Waals surface area contributed by atoms with E-state index in [0.717, 1.165) is 57.1 Å². The van der Waals surface area contributed by atoms with Crippen molar-refractivity contribution in [3.8, 4) is 17.2 Å². The molecule has 0 N–H and O–H groups in total. The van der Waals surface area contributed by atoms with Crippen molar-refractivity contribution < 1.29 is 14.2 Å². The molecule has 2 heterocycles. The molecule has 1 aliphatic heterocycles. The molecular weight excluding hydrogens is 438 g/mol. The van der Waals surface area contributed by atoms with Gasteiger partial charge in [-0.15, -0.1) is 0 Å². The Kier molecular flexibility index (Phi) is 6.84. The molecule has 6 nitrogen and oxygen atoms in total. The van der Waals surface area contributed by atoms with E-state index in [1.807, 2.05) is 6.07 Å². The molecule has 0 unspecified atom stereocenters. The molecule has 0 radical (unpaired) electrons. The Balaban J connectivity index is 1.27. The molecular formula is C29H35N3O3. The molecule has 0 spiro atoms. The number of aromatic nitrogens is 1. The second-order valence-corrected chi connectivity index (χ2v) is 9.16. The lowest BCUT2D eigenvalue weighted by Crippen LogP contribution is -2.45. The van der Waals surface area contributed by atoms with Gasteiger partial charge < -0.3 is 18.8 Å². The van der Waals surface area contributed by atoms with E-state index in [4.69, 9.17) is 14.2 Å². The van der Waals surface area contributed by atoms with Gasteiger partial charge in [0.25, 0.3) is 0 Å². The van der Waals surface area contributed by atoms with Crippen LogP contribution in [0.4, 0.5) is 0 Å². The SMILES string of the molecule is CCn1c2ccccc2c2cc(CN3CCN(Cc4ccc(OC)c(OC)c4OC)CC3)ccc21. The summed E-state index contributed by atoms with van der Waals surface area (Å²) in [4.78, 5) is 5.04. The van der Waals surface area contributed by atoms with Gasteiger partial charge in [-0.1, -0.05) is 30.3 Å². The molecule has 0 aliphatic carbocycles. The van der Waals surface area contributed by atoms with Crippen LogP contribution in [0.25, 0.3) is 21.8 Å². The van der Waals surface area contributed by atoms with Crippen molar-refractivity contribution in [1.82, 2.24) is 14.4 Å². The molecule has 0 bridgehead atoms. The summed E-state index contributed by atoms with van der Waals surface area (Å²) in [5, 5.41) is 2.71. The number of methoxy groups -OCH3 is 3. The number of hydrogen-bond acceptors (Lipinski definition) is 5. The van der Waals surface area contributed by atoms with E-state index < -0.39 is 0 Å². The van der Waals surface area contributed by atoms with Crippen LogP contribution < -0.4 is 14.2 Å². The van der Waals surface area contributed by atoms with Gasteiger partial charge in [-0.2, -0.15) is 0 Å². The second kappa shape index (κ2) is 10.2. The van der Waals surface area contributed by atoms with Crippen LogP contribution in [0.1, 0.15) is 18.1 Å². The van der Waals surface area contributed by atoms with Crippen molar-refractivity contribution in [1.29, 1.82) is 0 Å². The van der Waals surface area contributed by atoms with Gasteiger partial charge in [-0.3, -0.25) is 9.80 Å². The highest BCUT2D eigenvalue weighted by Crippen LogP contribution is 2.40. The number of fused-ring (bicyclic) bond motifs is 3. The van der Waals surface area contributed by atoms with Gasteiger partial charge in [0.05, 0.1) is 21.3 Å². The number of nitrogens with zero attached hydrogens (tertiary/aromatic N) is 3. The Labute approximate surface area is 207 Å². The lowest BCUT2D eigenvalue weighted by Gasteiger charge is -2.35. The molecule has 6 heteroatoms. The largest absolute Gasteiger partial charge is 0.493 e. The molecule has 0 amide bonds. The molecule has 4 aromatic rings. The fourth-order valence-electron chi connectivity index (χ4n) is 5.43. The summed E-state index contributed by atoms with van der Waals surface area (Å²) < 4.78 is 19.1. The Morgan fingerprint density at radius 2 is 1.37 bits per heavy atom. The standard InChI is InChI=1S/C29H35N3O3/c1-5-32-25-9-7-6-8-23(25)24-18-21(10-12-26(24)32)19-30-14-16-31(17-15-30)20-22-11-13-27(33-2)29(35-4)28(22)34-3/h6-13,18H,5,14-17,19-20H2,1-4H3. The third kappa shape index (κ3) is 4.44. The molecule has 0 saturated carbocycles. The molecule has 184 valence electrons. The number of benzene rings is 3. The number of ether oxygens (including phenoxy) is 3. The number of para-hydroxylation sites is 1. The molecule has 1 aromatic heterocycles. The molecule has 1 aliphatic rings. The second-order valence-electron chi connectivity index (χ2n) is 9.16. The highest BCUT2D eigenvalue weighted by Gasteiger charge is 2.21. The quantitative estimate of drug-likeness (QED) is 0.354. The van der Waals surface area contributed by atoms with E-state index in [9.17, 15) is 0 Å². The number of rotatable bonds is 8. The van der Waals surface area contributed by atoms with Crippen molar-refractivity contribution in [2.75, 3.05) is 47.5 Å². The van der Waals surface area contributed by atoms with Crippen molar-refractivity contribution in [2.24, 2.45) is 0 Å². The highest BCUT2D eigenvalue weighted by molar-refractivity contribution is 6.08. The third-order valence-electron chi connectivity index (χ3n) is 7.20. The van der Waals surface area contributed by atoms with E-state index in [1.54, 1.807) is 21.3 Å².